The van der Waals surface area contributed by atoms with Gasteiger partial charge >= 0.3 is 243 Å². The zero-order chi connectivity index (χ0) is 27.2. The molecule has 0 aromatic heterocycles. The second-order valence-electron chi connectivity index (χ2n) is 10.9. The fraction of sp³-hybridized carbons (Fsp3) is 0.194. The van der Waals surface area contributed by atoms with Crippen molar-refractivity contribution in [1.29, 1.82) is 0 Å². The number of halogens is 2. The number of allylic oxidation sites excluding steroid dienone is 2. The van der Waals surface area contributed by atoms with Crippen LogP contribution in [0.3, 0.4) is 0 Å². The average molecular weight is 585 g/mol. The van der Waals surface area contributed by atoms with Gasteiger partial charge in [0.05, 0.1) is 0 Å². The molecule has 0 nitrogen and oxygen atoms in total. The zero-order valence-electron chi connectivity index (χ0n) is 22.8. The third-order valence-electron chi connectivity index (χ3n) is 8.94. The summed E-state index contributed by atoms with van der Waals surface area (Å²) in [5, 5.41) is 0. The van der Waals surface area contributed by atoms with Gasteiger partial charge in [0, 0.05) is 0 Å². The number of fused-ring (bicyclic) bond motifs is 2. The van der Waals surface area contributed by atoms with E-state index in [1.807, 2.05) is 0 Å². The van der Waals surface area contributed by atoms with Gasteiger partial charge in [0.1, 0.15) is 0 Å². The molecule has 0 amide bonds. The molecule has 2 aliphatic rings. The topological polar surface area (TPSA) is 0 Å². The molecule has 6 rings (SSSR count). The normalized spacial score (nSPS) is 18.3. The van der Waals surface area contributed by atoms with Crippen molar-refractivity contribution in [3.05, 3.63) is 130 Å². The molecule has 0 bridgehead atoms. The van der Waals surface area contributed by atoms with E-state index in [9.17, 15) is 0 Å². The monoisotopic (exact) mass is 584 g/mol. The van der Waals surface area contributed by atoms with Crippen molar-refractivity contribution in [1.82, 2.24) is 0 Å². The van der Waals surface area contributed by atoms with Crippen LogP contribution in [0.4, 0.5) is 0 Å². The summed E-state index contributed by atoms with van der Waals surface area (Å²) in [6.07, 6.45) is 6.64. The van der Waals surface area contributed by atoms with Crippen LogP contribution in [0, 0.1) is 0 Å². The van der Waals surface area contributed by atoms with Crippen molar-refractivity contribution in [2.24, 2.45) is 0 Å². The summed E-state index contributed by atoms with van der Waals surface area (Å²) in [6, 6.07) is 34.7. The van der Waals surface area contributed by atoms with Crippen molar-refractivity contribution in [3.63, 3.8) is 0 Å². The fourth-order valence-electron chi connectivity index (χ4n) is 7.08. The second-order valence-corrected chi connectivity index (χ2v) is 25.2. The van der Waals surface area contributed by atoms with Crippen LogP contribution in [0.5, 0.6) is 0 Å². The summed E-state index contributed by atoms with van der Waals surface area (Å²) < 4.78 is 2.30. The average Bonchev–Trinajstić information content (AvgIpc) is 3.58. The van der Waals surface area contributed by atoms with Crippen molar-refractivity contribution in [2.75, 3.05) is 0 Å². The first kappa shape index (κ1) is 26.7. The maximum atomic E-state index is 8.21. The third kappa shape index (κ3) is 4.20. The van der Waals surface area contributed by atoms with E-state index in [1.165, 1.54) is 55.7 Å². The predicted molar refractivity (Wildman–Crippen MR) is 169 cm³/mol. The summed E-state index contributed by atoms with van der Waals surface area (Å²) in [4.78, 5) is 0. The summed E-state index contributed by atoms with van der Waals surface area (Å²) in [7, 11) is 16.4. The van der Waals surface area contributed by atoms with E-state index in [-0.39, 0.29) is 8.45 Å². The van der Waals surface area contributed by atoms with Gasteiger partial charge in [-0.2, -0.15) is 0 Å². The SMILES string of the molecule is C[CH]=[Ti]([Cl])([Cl])([CH]1C(CC)=Cc2c(-c3ccccc3)cccc21)[CH]1C(CC)=Cc2c(-c3ccccc3)cccc21. The Morgan fingerprint density at radius 1 is 0.590 bits per heavy atom. The molecule has 0 aliphatic heterocycles. The van der Waals surface area contributed by atoms with Crippen LogP contribution in [-0.2, 0) is 12.7 Å². The molecular weight excluding hydrogens is 551 g/mol. The minimum absolute atomic E-state index is 0.0188. The number of hydrogen-bond acceptors (Lipinski definition) is 0. The van der Waals surface area contributed by atoms with Crippen molar-refractivity contribution in [3.8, 4) is 22.3 Å². The summed E-state index contributed by atoms with van der Waals surface area (Å²) in [6.45, 7) is 6.61. The molecule has 0 saturated carbocycles. The maximum absolute atomic E-state index is 8.21. The number of hydrogen-bond donors (Lipinski definition) is 0. The first-order valence-corrected chi connectivity index (χ1v) is 21.1. The van der Waals surface area contributed by atoms with E-state index in [0.29, 0.717) is 0 Å². The Labute approximate surface area is 241 Å². The van der Waals surface area contributed by atoms with Crippen LogP contribution in [0.15, 0.2) is 108 Å². The third-order valence-corrected chi connectivity index (χ3v) is 21.6. The predicted octanol–water partition coefficient (Wildman–Crippen LogP) is 11.2. The van der Waals surface area contributed by atoms with Gasteiger partial charge in [0.25, 0.3) is 0 Å². The molecule has 2 aliphatic carbocycles. The van der Waals surface area contributed by atoms with Crippen LogP contribution >= 0.6 is 18.6 Å². The zero-order valence-corrected chi connectivity index (χ0v) is 25.9. The van der Waals surface area contributed by atoms with Crippen molar-refractivity contribution in [2.45, 2.75) is 42.1 Å². The van der Waals surface area contributed by atoms with Crippen LogP contribution in [0.1, 0.15) is 64.3 Å². The minimum atomic E-state index is -4.55. The van der Waals surface area contributed by atoms with Crippen LogP contribution in [0.25, 0.3) is 34.4 Å². The molecule has 2 atom stereocenters. The fourth-order valence-corrected chi connectivity index (χ4v) is 18.6. The molecular formula is C36H34Cl2Ti. The Morgan fingerprint density at radius 3 is 1.36 bits per heavy atom. The Balaban J connectivity index is 1.58. The van der Waals surface area contributed by atoms with Gasteiger partial charge in [0.2, 0.25) is 0 Å². The molecule has 3 heteroatoms. The Morgan fingerprint density at radius 2 is 1.00 bits per heavy atom. The quantitative estimate of drug-likeness (QED) is 0.198. The molecule has 4 aromatic rings. The van der Waals surface area contributed by atoms with E-state index in [2.05, 4.69) is 134 Å². The van der Waals surface area contributed by atoms with Crippen LogP contribution in [0.2, 0.25) is 0 Å². The number of rotatable bonds is 6. The standard InChI is InChI=1S/2C17H15.C2H4.2ClH.Ti/c2*1-2-13-11-15-9-6-10-16(17(15)12-13)14-7-4-3-5-8-14;1-2;;;/h2*3-12H,2H2,1H3;1H,2H3;2*1H;/q;;;;;+2/p-2. The first-order valence-electron chi connectivity index (χ1n) is 14.1. The van der Waals surface area contributed by atoms with E-state index in [1.54, 1.807) is 0 Å². The van der Waals surface area contributed by atoms with E-state index in [4.69, 9.17) is 18.6 Å². The molecule has 0 N–H and O–H groups in total. The van der Waals surface area contributed by atoms with Crippen LogP contribution < -0.4 is 0 Å². The molecule has 0 fully saturated rings. The van der Waals surface area contributed by atoms with Gasteiger partial charge in [0.15, 0.2) is 0 Å². The van der Waals surface area contributed by atoms with E-state index < -0.39 is 12.7 Å². The first-order chi connectivity index (χ1) is 18.9. The molecule has 2 unspecified atom stereocenters. The molecule has 0 heterocycles. The van der Waals surface area contributed by atoms with Crippen LogP contribution in [-0.4, -0.2) is 4.31 Å². The van der Waals surface area contributed by atoms with E-state index in [0.717, 1.165) is 12.8 Å². The van der Waals surface area contributed by atoms with Gasteiger partial charge in [-0.05, 0) is 0 Å². The van der Waals surface area contributed by atoms with Crippen molar-refractivity contribution >= 4 is 35.1 Å². The molecule has 4 aromatic carbocycles. The number of benzene rings is 4. The molecule has 0 radical (unpaired) electrons. The Kier molecular flexibility index (Phi) is 6.97. The van der Waals surface area contributed by atoms with E-state index >= 15 is 0 Å². The van der Waals surface area contributed by atoms with Gasteiger partial charge in [-0.1, -0.05) is 0 Å². The van der Waals surface area contributed by atoms with Crippen molar-refractivity contribution < 1.29 is 12.7 Å². The van der Waals surface area contributed by atoms with Gasteiger partial charge in [-0.15, -0.1) is 0 Å². The summed E-state index contributed by atoms with van der Waals surface area (Å²) in [5.41, 5.74) is 12.8. The molecule has 0 saturated heterocycles. The van der Waals surface area contributed by atoms with Gasteiger partial charge < -0.3 is 0 Å². The Hall–Kier alpha value is -2.48. The summed E-state index contributed by atoms with van der Waals surface area (Å²) in [5.74, 6) is 0. The Bertz CT molecular complexity index is 1570. The van der Waals surface area contributed by atoms with Gasteiger partial charge in [-0.3, -0.25) is 0 Å². The molecule has 0 spiro atoms. The molecule has 39 heavy (non-hydrogen) atoms. The van der Waals surface area contributed by atoms with Gasteiger partial charge in [-0.25, -0.2) is 0 Å². The molecule has 196 valence electrons. The second kappa shape index (κ2) is 10.2. The summed E-state index contributed by atoms with van der Waals surface area (Å²) >= 11 is -4.55.